The van der Waals surface area contributed by atoms with Crippen molar-refractivity contribution in [1.29, 1.82) is 0 Å². The molecule has 0 spiro atoms. The van der Waals surface area contributed by atoms with E-state index in [1.54, 1.807) is 83.2 Å². The molecule has 2 aromatic rings. The molecule has 17 nitrogen and oxygen atoms in total. The summed E-state index contributed by atoms with van der Waals surface area (Å²) < 4.78 is 29.5. The standard InChI is InChI=1S/C47H59N5O12/c1-23-11-10-12-24(2)46(59)50-37-38-36(49-32-21-30(13-15-52(32)38)22-48-51-16-19-61-20-17-51)33-34(42(37)57)41(56)28(6)44-35(33)45(58)47(8,64-44)62-18-14-31(60-9)25(3)43(63-29(7)53)27(5)40(55)26(4)39(23)54/h10-15,18,21-23,25-27,31-32,39-40,43,49,54-57H,16-17,19-20H2,1-9H3,(H,50,59)/b11-10+,18-14+,24-12-,48-22+/t23-,25+,26+,27+,31-,32?,39-,40+,43+,47-/m0/s1. The van der Waals surface area contributed by atoms with E-state index in [1.807, 2.05) is 17.2 Å². The van der Waals surface area contributed by atoms with Crippen LogP contribution in [0, 0.1) is 30.6 Å². The number of morpholine rings is 1. The van der Waals surface area contributed by atoms with Crippen molar-refractivity contribution in [2.24, 2.45) is 28.8 Å². The van der Waals surface area contributed by atoms with E-state index in [0.717, 1.165) is 5.57 Å². The van der Waals surface area contributed by atoms with Gasteiger partial charge in [-0.2, -0.15) is 5.10 Å². The second-order valence-corrected chi connectivity index (χ2v) is 17.4. The number of Topliss-reactive ketones (excluding diaryl/α,β-unsaturated/α-hetero) is 1. The molecule has 0 saturated carbocycles. The van der Waals surface area contributed by atoms with Gasteiger partial charge in [-0.3, -0.25) is 19.4 Å². The number of nitrogens with one attached hydrogen (secondary N) is 2. The lowest BCUT2D eigenvalue weighted by Crippen LogP contribution is -2.46. The molecule has 64 heavy (non-hydrogen) atoms. The van der Waals surface area contributed by atoms with E-state index in [1.165, 1.54) is 27.2 Å². The number of aromatic hydroxyl groups is 2. The quantitative estimate of drug-likeness (QED) is 0.0983. The zero-order chi connectivity index (χ0) is 46.4. The third kappa shape index (κ3) is 8.44. The molecule has 0 radical (unpaired) electrons. The number of ether oxygens (including phenoxy) is 5. The van der Waals surface area contributed by atoms with E-state index in [2.05, 4.69) is 15.7 Å². The highest BCUT2D eigenvalue weighted by Gasteiger charge is 2.51. The Morgan fingerprint density at radius 1 is 0.984 bits per heavy atom. The van der Waals surface area contributed by atoms with Gasteiger partial charge in [-0.15, -0.1) is 0 Å². The van der Waals surface area contributed by atoms with E-state index in [0.29, 0.717) is 37.7 Å². The Bertz CT molecular complexity index is 2380. The van der Waals surface area contributed by atoms with Crippen LogP contribution in [0.1, 0.15) is 64.4 Å². The Labute approximate surface area is 372 Å². The molecule has 1 fully saturated rings. The minimum absolute atomic E-state index is 0.0207. The Hall–Kier alpha value is -5.88. The molecule has 10 atom stereocenters. The summed E-state index contributed by atoms with van der Waals surface area (Å²) in [6.45, 7) is 15.3. The molecular formula is C47H59N5O12. The molecule has 0 aliphatic carbocycles. The van der Waals surface area contributed by atoms with Crippen molar-refractivity contribution >= 4 is 51.7 Å². The fraction of sp³-hybridized carbons (Fsp3) is 0.489. The molecule has 1 amide bonds. The summed E-state index contributed by atoms with van der Waals surface area (Å²) in [5, 5.41) is 60.1. The van der Waals surface area contributed by atoms with Crippen LogP contribution in [-0.2, 0) is 28.5 Å². The first-order chi connectivity index (χ1) is 30.4. The summed E-state index contributed by atoms with van der Waals surface area (Å²) in [6.07, 6.45) is 10.6. The summed E-state index contributed by atoms with van der Waals surface area (Å²) in [4.78, 5) is 43.0. The van der Waals surface area contributed by atoms with Crippen LogP contribution in [0.25, 0.3) is 10.8 Å². The summed E-state index contributed by atoms with van der Waals surface area (Å²) in [6, 6.07) is 0. The number of nitrogens with zero attached hydrogens (tertiary/aromatic N) is 3. The molecule has 17 heteroatoms. The molecule has 2 aromatic carbocycles. The highest BCUT2D eigenvalue weighted by Crippen LogP contribution is 2.59. The normalized spacial score (nSPS) is 32.8. The Kier molecular flexibility index (Phi) is 13.2. The number of phenols is 2. The number of rotatable bonds is 4. The number of anilines is 3. The third-order valence-electron chi connectivity index (χ3n) is 13.0. The lowest BCUT2D eigenvalue weighted by Gasteiger charge is -2.38. The first kappa shape index (κ1) is 46.1. The van der Waals surface area contributed by atoms with Gasteiger partial charge in [-0.25, -0.2) is 0 Å². The van der Waals surface area contributed by atoms with E-state index in [-0.39, 0.29) is 44.7 Å². The van der Waals surface area contributed by atoms with Gasteiger partial charge in [0.2, 0.25) is 0 Å². The number of hydrogen-bond acceptors (Lipinski definition) is 16. The molecule has 0 aromatic heterocycles. The van der Waals surface area contributed by atoms with Crippen molar-refractivity contribution < 1.29 is 58.5 Å². The van der Waals surface area contributed by atoms with Gasteiger partial charge in [0.15, 0.2) is 5.75 Å². The van der Waals surface area contributed by atoms with Gasteiger partial charge in [0.1, 0.15) is 29.5 Å². The predicted octanol–water partition coefficient (Wildman–Crippen LogP) is 5.38. The number of fused-ring (bicyclic) bond motifs is 2. The van der Waals surface area contributed by atoms with Crippen molar-refractivity contribution in [2.75, 3.05) is 48.9 Å². The Morgan fingerprint density at radius 2 is 1.70 bits per heavy atom. The number of hydrazone groups is 1. The maximum atomic E-state index is 14.8. The van der Waals surface area contributed by atoms with Crippen molar-refractivity contribution in [1.82, 2.24) is 5.01 Å². The second kappa shape index (κ2) is 18.3. The van der Waals surface area contributed by atoms with Crippen LogP contribution < -0.4 is 20.3 Å². The molecule has 4 bridgehead atoms. The number of aliphatic hydroxyl groups is 2. The second-order valence-electron chi connectivity index (χ2n) is 17.4. The fourth-order valence-corrected chi connectivity index (χ4v) is 9.08. The minimum atomic E-state index is -1.97. The highest BCUT2D eigenvalue weighted by atomic mass is 16.7. The average Bonchev–Trinajstić information content (AvgIpc) is 3.78. The monoisotopic (exact) mass is 885 g/mol. The van der Waals surface area contributed by atoms with E-state index in [4.69, 9.17) is 23.7 Å². The number of methoxy groups -OCH3 is 1. The SMILES string of the molecule is CO[C@H]1/C=C/O[C@@]2(C)Oc3c(C)c(O)c4c(O)c(c5c(c4c3C2=O)NC2C=C(/C=N/N3CCOCC3)C=CN52)NC(=O)/C(C)=C\C=C\[C@H](C)[C@H](O)[C@@H](C)[C@@H](O)[C@@H](C)[C@H](OC(C)=O)[C@@H]1C. The smallest absolute Gasteiger partial charge is 0.312 e. The topological polar surface area (TPSA) is 221 Å². The number of phenolic OH excluding ortho intramolecular Hbond substituents is 2. The molecule has 1 unspecified atom stereocenters. The van der Waals surface area contributed by atoms with Crippen molar-refractivity contribution in [3.8, 4) is 17.2 Å². The zero-order valence-electron chi connectivity index (χ0n) is 37.6. The average molecular weight is 886 g/mol. The van der Waals surface area contributed by atoms with Gasteiger partial charge in [-0.05, 0) is 37.6 Å². The maximum Gasteiger partial charge on any atom is 0.312 e. The summed E-state index contributed by atoms with van der Waals surface area (Å²) in [7, 11) is 1.46. The molecule has 7 rings (SSSR count). The first-order valence-corrected chi connectivity index (χ1v) is 21.6. The number of carbonyl (C=O) groups excluding carboxylic acids is 3. The molecular weight excluding hydrogens is 827 g/mol. The number of carbonyl (C=O) groups is 3. The molecule has 5 heterocycles. The number of benzene rings is 2. The van der Waals surface area contributed by atoms with Crippen LogP contribution in [0.4, 0.5) is 17.1 Å². The first-order valence-electron chi connectivity index (χ1n) is 21.6. The number of esters is 1. The summed E-state index contributed by atoms with van der Waals surface area (Å²) in [5.74, 6) is -6.98. The van der Waals surface area contributed by atoms with Gasteiger partial charge in [0, 0.05) is 67.4 Å². The number of aliphatic hydroxyl groups excluding tert-OH is 2. The largest absolute Gasteiger partial charge is 0.507 e. The van der Waals surface area contributed by atoms with Crippen molar-refractivity contribution in [3.05, 3.63) is 71.2 Å². The molecule has 5 aliphatic rings. The molecule has 344 valence electrons. The maximum absolute atomic E-state index is 14.8. The minimum Gasteiger partial charge on any atom is -0.507 e. The van der Waals surface area contributed by atoms with Crippen LogP contribution in [0.3, 0.4) is 0 Å². The van der Waals surface area contributed by atoms with Crippen LogP contribution in [-0.4, -0.2) is 119 Å². The highest BCUT2D eigenvalue weighted by molar-refractivity contribution is 6.27. The lowest BCUT2D eigenvalue weighted by atomic mass is 9.78. The Morgan fingerprint density at radius 3 is 2.39 bits per heavy atom. The number of hydrogen-bond donors (Lipinski definition) is 6. The van der Waals surface area contributed by atoms with Crippen LogP contribution >= 0.6 is 0 Å². The van der Waals surface area contributed by atoms with Gasteiger partial charge in [-0.1, -0.05) is 45.9 Å². The van der Waals surface area contributed by atoms with Gasteiger partial charge < -0.3 is 59.6 Å². The van der Waals surface area contributed by atoms with Gasteiger partial charge >= 0.3 is 11.8 Å². The van der Waals surface area contributed by atoms with Gasteiger partial charge in [0.25, 0.3) is 11.7 Å². The van der Waals surface area contributed by atoms with Crippen molar-refractivity contribution in [3.63, 3.8) is 0 Å². The number of ketones is 1. The lowest BCUT2D eigenvalue weighted by molar-refractivity contribution is -0.160. The van der Waals surface area contributed by atoms with Crippen LogP contribution in [0.2, 0.25) is 0 Å². The predicted molar refractivity (Wildman–Crippen MR) is 240 cm³/mol. The summed E-state index contributed by atoms with van der Waals surface area (Å²) >= 11 is 0. The zero-order valence-corrected chi connectivity index (χ0v) is 37.6. The number of allylic oxidation sites excluding steroid dienone is 4. The fourth-order valence-electron chi connectivity index (χ4n) is 9.08. The molecule has 6 N–H and O–H groups in total. The van der Waals surface area contributed by atoms with Crippen LogP contribution in [0.15, 0.2) is 65.2 Å². The summed E-state index contributed by atoms with van der Waals surface area (Å²) in [5.41, 5.74) is 1.83. The molecule has 1 saturated heterocycles. The van der Waals surface area contributed by atoms with Gasteiger partial charge in [0.05, 0.1) is 79.4 Å². The van der Waals surface area contributed by atoms with E-state index < -0.39 is 83.4 Å². The third-order valence-corrected chi connectivity index (χ3v) is 13.0. The van der Waals surface area contributed by atoms with E-state index >= 15 is 0 Å². The Balaban J connectivity index is 1.37. The van der Waals surface area contributed by atoms with E-state index in [9.17, 15) is 34.8 Å². The number of amides is 1. The molecule has 5 aliphatic heterocycles. The van der Waals surface area contributed by atoms with Crippen molar-refractivity contribution in [2.45, 2.75) is 91.8 Å². The van der Waals surface area contributed by atoms with Crippen LogP contribution in [0.5, 0.6) is 17.2 Å².